The zero-order chi connectivity index (χ0) is 23.1. The molecule has 1 amide bonds. The molecule has 3 rings (SSSR count). The Bertz CT molecular complexity index is 1210. The van der Waals surface area contributed by atoms with Crippen molar-refractivity contribution in [2.45, 2.75) is 4.90 Å². The highest BCUT2D eigenvalue weighted by Crippen LogP contribution is 2.24. The van der Waals surface area contributed by atoms with E-state index in [1.807, 2.05) is 30.3 Å². The number of ether oxygens (including phenoxy) is 3. The molecule has 0 aliphatic heterocycles. The van der Waals surface area contributed by atoms with Crippen molar-refractivity contribution in [1.29, 1.82) is 0 Å². The third kappa shape index (κ3) is 6.06. The Labute approximate surface area is 184 Å². The van der Waals surface area contributed by atoms with Gasteiger partial charge in [0.1, 0.15) is 22.8 Å². The van der Waals surface area contributed by atoms with E-state index in [0.29, 0.717) is 17.2 Å². The van der Waals surface area contributed by atoms with E-state index >= 15 is 0 Å². The van der Waals surface area contributed by atoms with Crippen LogP contribution in [0.1, 0.15) is 10.4 Å². The summed E-state index contributed by atoms with van der Waals surface area (Å²) in [7, 11) is -2.73. The van der Waals surface area contributed by atoms with E-state index < -0.39 is 28.5 Å². The van der Waals surface area contributed by atoms with Crippen LogP contribution in [0.5, 0.6) is 17.2 Å². The number of hydrogen-bond acceptors (Lipinski definition) is 7. The van der Waals surface area contributed by atoms with Crippen LogP contribution in [-0.4, -0.2) is 34.0 Å². The largest absolute Gasteiger partial charge is 0.496 e. The third-order valence-corrected chi connectivity index (χ3v) is 5.08. The summed E-state index contributed by atoms with van der Waals surface area (Å²) in [4.78, 5) is 24.2. The highest BCUT2D eigenvalue weighted by molar-refractivity contribution is 7.89. The molecule has 0 heterocycles. The lowest BCUT2D eigenvalue weighted by molar-refractivity contribution is -0.119. The second-order valence-corrected chi connectivity index (χ2v) is 8.03. The second kappa shape index (κ2) is 9.94. The van der Waals surface area contributed by atoms with Crippen LogP contribution in [0.2, 0.25) is 0 Å². The molecule has 0 bridgehead atoms. The molecule has 32 heavy (non-hydrogen) atoms. The van der Waals surface area contributed by atoms with Gasteiger partial charge in [0, 0.05) is 5.69 Å². The highest BCUT2D eigenvalue weighted by Gasteiger charge is 2.19. The number of esters is 1. The van der Waals surface area contributed by atoms with Crippen molar-refractivity contribution in [3.8, 4) is 17.2 Å². The number of amides is 1. The summed E-state index contributed by atoms with van der Waals surface area (Å²) in [5.41, 5.74) is 0.300. The normalized spacial score (nSPS) is 10.8. The van der Waals surface area contributed by atoms with Gasteiger partial charge in [-0.3, -0.25) is 4.79 Å². The summed E-state index contributed by atoms with van der Waals surface area (Å²) >= 11 is 0. The molecule has 0 saturated heterocycles. The predicted octanol–water partition coefficient (Wildman–Crippen LogP) is 2.93. The summed E-state index contributed by atoms with van der Waals surface area (Å²) in [6.45, 7) is -0.593. The zero-order valence-electron chi connectivity index (χ0n) is 17.0. The van der Waals surface area contributed by atoms with E-state index in [1.165, 1.54) is 19.2 Å². The first-order valence-corrected chi connectivity index (χ1v) is 10.8. The maximum Gasteiger partial charge on any atom is 0.342 e. The molecule has 3 aromatic carbocycles. The molecule has 0 unspecified atom stereocenters. The first-order chi connectivity index (χ1) is 15.3. The average molecular weight is 456 g/mol. The van der Waals surface area contributed by atoms with Crippen molar-refractivity contribution in [1.82, 2.24) is 0 Å². The van der Waals surface area contributed by atoms with E-state index in [1.54, 1.807) is 24.3 Å². The van der Waals surface area contributed by atoms with Crippen LogP contribution in [0, 0.1) is 0 Å². The first kappa shape index (κ1) is 22.8. The molecular formula is C22H20N2O7S. The van der Waals surface area contributed by atoms with Gasteiger partial charge < -0.3 is 19.5 Å². The van der Waals surface area contributed by atoms with E-state index in [4.69, 9.17) is 19.3 Å². The Morgan fingerprint density at radius 2 is 1.59 bits per heavy atom. The van der Waals surface area contributed by atoms with Crippen molar-refractivity contribution < 1.29 is 32.2 Å². The van der Waals surface area contributed by atoms with Gasteiger partial charge >= 0.3 is 5.97 Å². The van der Waals surface area contributed by atoms with Gasteiger partial charge in [-0.2, -0.15) is 0 Å². The SMILES string of the molecule is COc1ccc(S(N)(=O)=O)cc1C(=O)OCC(=O)Nc1ccc(Oc2ccccc2)cc1. The van der Waals surface area contributed by atoms with Crippen LogP contribution in [0.3, 0.4) is 0 Å². The van der Waals surface area contributed by atoms with Crippen molar-refractivity contribution in [3.63, 3.8) is 0 Å². The molecule has 0 fully saturated rings. The Balaban J connectivity index is 1.58. The van der Waals surface area contributed by atoms with Gasteiger partial charge in [-0.25, -0.2) is 18.4 Å². The maximum absolute atomic E-state index is 12.3. The predicted molar refractivity (Wildman–Crippen MR) is 116 cm³/mol. The number of nitrogens with one attached hydrogen (secondary N) is 1. The summed E-state index contributed by atoms with van der Waals surface area (Å²) in [6, 6.07) is 19.3. The smallest absolute Gasteiger partial charge is 0.342 e. The van der Waals surface area contributed by atoms with Gasteiger partial charge in [0.2, 0.25) is 10.0 Å². The summed E-state index contributed by atoms with van der Waals surface area (Å²) in [6.07, 6.45) is 0. The van der Waals surface area contributed by atoms with E-state index in [-0.39, 0.29) is 16.2 Å². The van der Waals surface area contributed by atoms with Gasteiger partial charge in [0.25, 0.3) is 5.91 Å². The summed E-state index contributed by atoms with van der Waals surface area (Å²) in [5.74, 6) is -0.178. The number of hydrogen-bond donors (Lipinski definition) is 2. The van der Waals surface area contributed by atoms with Crippen molar-refractivity contribution in [3.05, 3.63) is 78.4 Å². The minimum atomic E-state index is -4.03. The van der Waals surface area contributed by atoms with E-state index in [9.17, 15) is 18.0 Å². The molecule has 0 spiro atoms. The maximum atomic E-state index is 12.3. The van der Waals surface area contributed by atoms with Crippen molar-refractivity contribution in [2.24, 2.45) is 5.14 Å². The zero-order valence-corrected chi connectivity index (χ0v) is 17.8. The number of para-hydroxylation sites is 1. The van der Waals surface area contributed by atoms with Gasteiger partial charge in [0.05, 0.1) is 12.0 Å². The number of benzene rings is 3. The minimum Gasteiger partial charge on any atom is -0.496 e. The van der Waals surface area contributed by atoms with E-state index in [0.717, 1.165) is 6.07 Å². The number of carbonyl (C=O) groups excluding carboxylic acids is 2. The third-order valence-electron chi connectivity index (χ3n) is 4.17. The average Bonchev–Trinajstić information content (AvgIpc) is 2.78. The molecule has 0 saturated carbocycles. The topological polar surface area (TPSA) is 134 Å². The Hall–Kier alpha value is -3.89. The van der Waals surface area contributed by atoms with Crippen LogP contribution >= 0.6 is 0 Å². The molecule has 0 radical (unpaired) electrons. The standard InChI is InChI=1S/C22H20N2O7S/c1-29-20-12-11-18(32(23,27)28)13-19(20)22(26)30-14-21(25)24-15-7-9-17(10-8-15)31-16-5-3-2-4-6-16/h2-13H,14H2,1H3,(H,24,25)(H2,23,27,28). The number of nitrogens with two attached hydrogens (primary N) is 1. The fourth-order valence-corrected chi connectivity index (χ4v) is 3.20. The van der Waals surface area contributed by atoms with Crippen molar-refractivity contribution in [2.75, 3.05) is 19.0 Å². The molecule has 9 nitrogen and oxygen atoms in total. The van der Waals surface area contributed by atoms with Crippen molar-refractivity contribution >= 4 is 27.6 Å². The van der Waals surface area contributed by atoms with Gasteiger partial charge in [0.15, 0.2) is 6.61 Å². The molecule has 10 heteroatoms. The van der Waals surface area contributed by atoms with Gasteiger partial charge in [-0.05, 0) is 54.6 Å². The summed E-state index contributed by atoms with van der Waals surface area (Å²) < 4.78 is 38.7. The Kier molecular flexibility index (Phi) is 7.08. The van der Waals surface area contributed by atoms with Crippen LogP contribution < -0.4 is 19.9 Å². The van der Waals surface area contributed by atoms with Crippen LogP contribution in [-0.2, 0) is 19.6 Å². The summed E-state index contributed by atoms with van der Waals surface area (Å²) in [5, 5.41) is 7.67. The molecule has 0 aliphatic carbocycles. The van der Waals surface area contributed by atoms with Crippen LogP contribution in [0.25, 0.3) is 0 Å². The fourth-order valence-electron chi connectivity index (χ4n) is 2.66. The number of anilines is 1. The number of carbonyl (C=O) groups is 2. The Morgan fingerprint density at radius 1 is 0.938 bits per heavy atom. The molecule has 0 aromatic heterocycles. The first-order valence-electron chi connectivity index (χ1n) is 9.27. The van der Waals surface area contributed by atoms with E-state index in [2.05, 4.69) is 5.32 Å². The molecule has 166 valence electrons. The lowest BCUT2D eigenvalue weighted by atomic mass is 10.2. The lowest BCUT2D eigenvalue weighted by Crippen LogP contribution is -2.21. The molecule has 3 N–H and O–H groups in total. The highest BCUT2D eigenvalue weighted by atomic mass is 32.2. The monoisotopic (exact) mass is 456 g/mol. The Morgan fingerprint density at radius 3 is 2.22 bits per heavy atom. The second-order valence-electron chi connectivity index (χ2n) is 6.47. The molecule has 0 aliphatic rings. The molecular weight excluding hydrogens is 436 g/mol. The fraction of sp³-hybridized carbons (Fsp3) is 0.0909. The quantitative estimate of drug-likeness (QED) is 0.498. The van der Waals surface area contributed by atoms with Gasteiger partial charge in [-0.15, -0.1) is 0 Å². The number of methoxy groups -OCH3 is 1. The van der Waals surface area contributed by atoms with Crippen LogP contribution in [0.15, 0.2) is 77.7 Å². The number of rotatable bonds is 8. The van der Waals surface area contributed by atoms with Gasteiger partial charge in [-0.1, -0.05) is 18.2 Å². The molecule has 0 atom stereocenters. The lowest BCUT2D eigenvalue weighted by Gasteiger charge is -2.11. The minimum absolute atomic E-state index is 0.0804. The number of primary sulfonamides is 1. The van der Waals surface area contributed by atoms with Crippen LogP contribution in [0.4, 0.5) is 5.69 Å². The number of sulfonamides is 1. The molecule has 3 aromatic rings.